The number of halogens is 2. The van der Waals surface area contributed by atoms with E-state index in [1.165, 1.54) is 34.7 Å². The molecule has 5 aromatic rings. The second kappa shape index (κ2) is 8.78. The highest BCUT2D eigenvalue weighted by atomic mass is 79.9. The summed E-state index contributed by atoms with van der Waals surface area (Å²) in [5.41, 5.74) is 0.890. The molecule has 0 radical (unpaired) electrons. The molecule has 5 rings (SSSR count). The van der Waals surface area contributed by atoms with Crippen LogP contribution < -0.4 is 10.3 Å². The summed E-state index contributed by atoms with van der Waals surface area (Å²) in [6.07, 6.45) is 0. The number of fused-ring (bicyclic) bond motifs is 3. The SMILES string of the molecule is COC(=O)c1ccc2c(Cl)c(C(=O)N(C)c3ccc4sc5ccc(Br)cc5c(=O)c4c3)sc2c1. The van der Waals surface area contributed by atoms with Crippen LogP contribution in [0.1, 0.15) is 20.0 Å². The molecular formula is C25H15BrClNO4S2. The maximum absolute atomic E-state index is 13.4. The summed E-state index contributed by atoms with van der Waals surface area (Å²) in [4.78, 5) is 40.2. The molecule has 0 aliphatic carbocycles. The third-order valence-corrected chi connectivity index (χ3v) is 8.84. The maximum atomic E-state index is 13.4. The fraction of sp³-hybridized carbons (Fsp3) is 0.0800. The predicted molar refractivity (Wildman–Crippen MR) is 144 cm³/mol. The zero-order valence-electron chi connectivity index (χ0n) is 17.8. The smallest absolute Gasteiger partial charge is 0.337 e. The van der Waals surface area contributed by atoms with Crippen LogP contribution in [0.15, 0.2) is 63.9 Å². The van der Waals surface area contributed by atoms with Gasteiger partial charge in [0.05, 0.1) is 17.7 Å². The van der Waals surface area contributed by atoms with Gasteiger partial charge in [0.1, 0.15) is 4.88 Å². The van der Waals surface area contributed by atoms with Crippen molar-refractivity contribution in [2.45, 2.75) is 0 Å². The number of nitrogens with zero attached hydrogens (tertiary/aromatic N) is 1. The number of thiophene rings is 1. The average molecular weight is 573 g/mol. The van der Waals surface area contributed by atoms with E-state index < -0.39 is 5.97 Å². The summed E-state index contributed by atoms with van der Waals surface area (Å²) in [5, 5.41) is 2.21. The van der Waals surface area contributed by atoms with Gasteiger partial charge in [-0.15, -0.1) is 22.7 Å². The summed E-state index contributed by atoms with van der Waals surface area (Å²) >= 11 is 12.7. The Labute approximate surface area is 215 Å². The predicted octanol–water partition coefficient (Wildman–Crippen LogP) is 7.11. The van der Waals surface area contributed by atoms with Crippen molar-refractivity contribution in [3.05, 3.63) is 84.8 Å². The standard InChI is InChI=1S/C25H15BrClNO4S2/c1-28(24(30)23-21(27)15-6-3-12(25(31)32-2)9-20(15)34-23)14-5-8-19-17(11-14)22(29)16-10-13(26)4-7-18(16)33-19/h3-11H,1-2H3. The van der Waals surface area contributed by atoms with Gasteiger partial charge in [-0.3, -0.25) is 9.59 Å². The molecule has 2 aromatic heterocycles. The minimum atomic E-state index is -0.457. The second-order valence-electron chi connectivity index (χ2n) is 7.56. The summed E-state index contributed by atoms with van der Waals surface area (Å²) in [6.45, 7) is 0. The fourth-order valence-corrected chi connectivity index (χ4v) is 6.66. The van der Waals surface area contributed by atoms with Gasteiger partial charge in [-0.1, -0.05) is 33.6 Å². The summed E-state index contributed by atoms with van der Waals surface area (Å²) in [6, 6.07) is 16.1. The molecule has 0 aliphatic heterocycles. The van der Waals surface area contributed by atoms with Crippen molar-refractivity contribution in [1.29, 1.82) is 0 Å². The Hall–Kier alpha value is -2.78. The number of carbonyl (C=O) groups is 2. The van der Waals surface area contributed by atoms with E-state index in [4.69, 9.17) is 16.3 Å². The highest BCUT2D eigenvalue weighted by Crippen LogP contribution is 2.37. The summed E-state index contributed by atoms with van der Waals surface area (Å²) < 4.78 is 8.07. The van der Waals surface area contributed by atoms with Gasteiger partial charge in [0.2, 0.25) is 0 Å². The topological polar surface area (TPSA) is 63.7 Å². The Morgan fingerprint density at radius 3 is 2.35 bits per heavy atom. The van der Waals surface area contributed by atoms with Crippen molar-refractivity contribution in [3.63, 3.8) is 0 Å². The molecule has 3 aromatic carbocycles. The van der Waals surface area contributed by atoms with E-state index in [-0.39, 0.29) is 11.3 Å². The van der Waals surface area contributed by atoms with E-state index in [0.29, 0.717) is 42.0 Å². The number of rotatable bonds is 3. The quantitative estimate of drug-likeness (QED) is 0.171. The van der Waals surface area contributed by atoms with Crippen molar-refractivity contribution in [2.24, 2.45) is 0 Å². The van der Waals surface area contributed by atoms with Crippen LogP contribution in [0.25, 0.3) is 30.3 Å². The molecule has 0 saturated heterocycles. The Balaban J connectivity index is 1.56. The second-order valence-corrected chi connectivity index (χ2v) is 11.0. The van der Waals surface area contributed by atoms with Crippen LogP contribution in [-0.2, 0) is 4.74 Å². The third-order valence-electron chi connectivity index (χ3n) is 5.55. The lowest BCUT2D eigenvalue weighted by Gasteiger charge is -2.17. The number of methoxy groups -OCH3 is 1. The minimum absolute atomic E-state index is 0.0806. The normalized spacial score (nSPS) is 11.3. The Morgan fingerprint density at radius 2 is 1.62 bits per heavy atom. The number of amides is 1. The minimum Gasteiger partial charge on any atom is -0.465 e. The third kappa shape index (κ3) is 3.80. The molecule has 0 unspecified atom stereocenters. The Morgan fingerprint density at radius 1 is 0.912 bits per heavy atom. The largest absolute Gasteiger partial charge is 0.465 e. The molecule has 1 amide bonds. The molecule has 34 heavy (non-hydrogen) atoms. The van der Waals surface area contributed by atoms with Gasteiger partial charge in [-0.2, -0.15) is 0 Å². The fourth-order valence-electron chi connectivity index (χ4n) is 3.74. The number of carbonyl (C=O) groups excluding carboxylic acids is 2. The van der Waals surface area contributed by atoms with Crippen LogP contribution in [-0.4, -0.2) is 26.0 Å². The Kier molecular flexibility index (Phi) is 5.93. The van der Waals surface area contributed by atoms with Crippen molar-refractivity contribution >= 4 is 98.0 Å². The van der Waals surface area contributed by atoms with Gasteiger partial charge in [0.15, 0.2) is 5.43 Å². The van der Waals surface area contributed by atoms with Crippen LogP contribution in [0, 0.1) is 0 Å². The molecule has 2 heterocycles. The number of ether oxygens (including phenoxy) is 1. The van der Waals surface area contributed by atoms with Crippen LogP contribution in [0.2, 0.25) is 5.02 Å². The Bertz CT molecular complexity index is 1710. The molecular weight excluding hydrogens is 558 g/mol. The van der Waals surface area contributed by atoms with Crippen LogP contribution in [0.5, 0.6) is 0 Å². The molecule has 0 spiro atoms. The molecule has 5 nitrogen and oxygen atoms in total. The monoisotopic (exact) mass is 571 g/mol. The molecule has 0 aliphatic rings. The molecule has 0 atom stereocenters. The zero-order chi connectivity index (χ0) is 24.1. The highest BCUT2D eigenvalue weighted by Gasteiger charge is 2.23. The van der Waals surface area contributed by atoms with E-state index in [0.717, 1.165) is 13.9 Å². The van der Waals surface area contributed by atoms with Gasteiger partial charge in [0, 0.05) is 47.5 Å². The van der Waals surface area contributed by atoms with Crippen LogP contribution >= 0.6 is 50.2 Å². The number of hydrogen-bond donors (Lipinski definition) is 0. The number of esters is 1. The maximum Gasteiger partial charge on any atom is 0.337 e. The van der Waals surface area contributed by atoms with Gasteiger partial charge in [0.25, 0.3) is 5.91 Å². The molecule has 0 N–H and O–H groups in total. The lowest BCUT2D eigenvalue weighted by atomic mass is 10.1. The van der Waals surface area contributed by atoms with Crippen molar-refractivity contribution < 1.29 is 14.3 Å². The lowest BCUT2D eigenvalue weighted by molar-refractivity contribution is 0.0601. The van der Waals surface area contributed by atoms with Crippen molar-refractivity contribution in [1.82, 2.24) is 0 Å². The van der Waals surface area contributed by atoms with E-state index in [2.05, 4.69) is 15.9 Å². The first kappa shape index (κ1) is 23.0. The molecule has 0 bridgehead atoms. The van der Waals surface area contributed by atoms with E-state index in [9.17, 15) is 14.4 Å². The van der Waals surface area contributed by atoms with E-state index in [1.54, 1.807) is 31.3 Å². The first-order chi connectivity index (χ1) is 16.3. The van der Waals surface area contributed by atoms with Crippen LogP contribution in [0.3, 0.4) is 0 Å². The zero-order valence-corrected chi connectivity index (χ0v) is 21.8. The molecule has 9 heteroatoms. The number of benzene rings is 3. The van der Waals surface area contributed by atoms with Gasteiger partial charge < -0.3 is 9.64 Å². The van der Waals surface area contributed by atoms with Crippen molar-refractivity contribution in [3.8, 4) is 0 Å². The first-order valence-corrected chi connectivity index (χ1v) is 12.8. The van der Waals surface area contributed by atoms with E-state index in [1.807, 2.05) is 30.3 Å². The molecule has 170 valence electrons. The summed E-state index contributed by atoms with van der Waals surface area (Å²) in [5.74, 6) is -0.758. The van der Waals surface area contributed by atoms with Crippen molar-refractivity contribution in [2.75, 3.05) is 19.1 Å². The molecule has 0 saturated carbocycles. The van der Waals surface area contributed by atoms with Gasteiger partial charge >= 0.3 is 5.97 Å². The van der Waals surface area contributed by atoms with E-state index >= 15 is 0 Å². The van der Waals surface area contributed by atoms with Gasteiger partial charge in [-0.25, -0.2) is 4.79 Å². The number of anilines is 1. The highest BCUT2D eigenvalue weighted by molar-refractivity contribution is 9.10. The van der Waals surface area contributed by atoms with Gasteiger partial charge in [-0.05, 0) is 48.5 Å². The van der Waals surface area contributed by atoms with Crippen LogP contribution in [0.4, 0.5) is 5.69 Å². The number of hydrogen-bond acceptors (Lipinski definition) is 6. The summed E-state index contributed by atoms with van der Waals surface area (Å²) in [7, 11) is 2.97. The average Bonchev–Trinajstić information content (AvgIpc) is 3.18. The molecule has 0 fully saturated rings. The lowest BCUT2D eigenvalue weighted by Crippen LogP contribution is -2.25. The first-order valence-electron chi connectivity index (χ1n) is 10.0.